The van der Waals surface area contributed by atoms with E-state index in [9.17, 15) is 9.90 Å². The number of tetrazole rings is 1. The minimum absolute atomic E-state index is 0.0651. The maximum absolute atomic E-state index is 11.5. The van der Waals surface area contributed by atoms with Crippen molar-refractivity contribution in [1.29, 1.82) is 0 Å². The van der Waals surface area contributed by atoms with Gasteiger partial charge in [-0.25, -0.2) is 9.48 Å². The van der Waals surface area contributed by atoms with Crippen LogP contribution in [0, 0.1) is 5.92 Å². The van der Waals surface area contributed by atoms with Crippen LogP contribution in [0.4, 0.5) is 0 Å². The van der Waals surface area contributed by atoms with Crippen LogP contribution in [0.25, 0.3) is 0 Å². The Hall–Kier alpha value is -1.46. The predicted octanol–water partition coefficient (Wildman–Crippen LogP) is 2.35. The van der Waals surface area contributed by atoms with E-state index in [2.05, 4.69) is 29.4 Å². The third-order valence-corrected chi connectivity index (χ3v) is 4.36. The molecular formula is C14H24N4O2. The van der Waals surface area contributed by atoms with Crippen LogP contribution in [0.2, 0.25) is 0 Å². The van der Waals surface area contributed by atoms with Gasteiger partial charge in [-0.2, -0.15) is 0 Å². The maximum atomic E-state index is 11.5. The number of aliphatic carboxylic acids is 1. The van der Waals surface area contributed by atoms with Crippen LogP contribution in [0.15, 0.2) is 0 Å². The predicted molar refractivity (Wildman–Crippen MR) is 74.4 cm³/mol. The molecule has 0 saturated heterocycles. The molecule has 1 aliphatic carbocycles. The molecule has 0 radical (unpaired) electrons. The molecule has 1 heterocycles. The van der Waals surface area contributed by atoms with Crippen LogP contribution in [-0.2, 0) is 15.7 Å². The van der Waals surface area contributed by atoms with E-state index in [1.165, 1.54) is 4.68 Å². The maximum Gasteiger partial charge on any atom is 0.331 e. The molecule has 0 aromatic carbocycles. The molecule has 0 bridgehead atoms. The van der Waals surface area contributed by atoms with E-state index in [1.807, 2.05) is 0 Å². The lowest BCUT2D eigenvalue weighted by Crippen LogP contribution is -2.41. The number of carboxylic acid groups (broad SMARTS) is 1. The van der Waals surface area contributed by atoms with Crippen molar-refractivity contribution in [3.05, 3.63) is 5.82 Å². The fourth-order valence-corrected chi connectivity index (χ4v) is 3.34. The summed E-state index contributed by atoms with van der Waals surface area (Å²) in [6.07, 6.45) is 5.41. The van der Waals surface area contributed by atoms with E-state index in [4.69, 9.17) is 0 Å². The Labute approximate surface area is 119 Å². The molecule has 1 saturated carbocycles. The quantitative estimate of drug-likeness (QED) is 0.895. The number of rotatable bonds is 5. The van der Waals surface area contributed by atoms with Crippen LogP contribution < -0.4 is 0 Å². The Morgan fingerprint density at radius 2 is 2.00 bits per heavy atom. The van der Waals surface area contributed by atoms with Gasteiger partial charge < -0.3 is 5.11 Å². The second-order valence-corrected chi connectivity index (χ2v) is 6.86. The molecule has 20 heavy (non-hydrogen) atoms. The second-order valence-electron chi connectivity index (χ2n) is 6.86. The standard InChI is InChI=1S/C14H24N4O2/c1-10(2)9-14(7-5-6-8-14)11-15-16-17-18(11)13(3,4)12(19)20/h10H,5-9H2,1-4H3,(H,19,20). The van der Waals surface area contributed by atoms with Crippen molar-refractivity contribution in [2.45, 2.75) is 70.8 Å². The summed E-state index contributed by atoms with van der Waals surface area (Å²) < 4.78 is 1.52. The van der Waals surface area contributed by atoms with Gasteiger partial charge in [0, 0.05) is 5.41 Å². The number of aromatic nitrogens is 4. The van der Waals surface area contributed by atoms with Crippen molar-refractivity contribution in [2.75, 3.05) is 0 Å². The molecule has 6 nitrogen and oxygen atoms in total. The van der Waals surface area contributed by atoms with E-state index in [1.54, 1.807) is 13.8 Å². The Morgan fingerprint density at radius 3 is 2.50 bits per heavy atom. The Morgan fingerprint density at radius 1 is 1.40 bits per heavy atom. The van der Waals surface area contributed by atoms with Crippen molar-refractivity contribution in [2.24, 2.45) is 5.92 Å². The number of carboxylic acids is 1. The molecule has 1 aromatic heterocycles. The van der Waals surface area contributed by atoms with Crippen molar-refractivity contribution >= 4 is 5.97 Å². The molecule has 0 aliphatic heterocycles. The summed E-state index contributed by atoms with van der Waals surface area (Å²) in [5, 5.41) is 21.4. The van der Waals surface area contributed by atoms with Crippen LogP contribution in [0.1, 0.15) is 65.6 Å². The molecule has 0 atom stereocenters. The molecule has 2 rings (SSSR count). The third-order valence-electron chi connectivity index (χ3n) is 4.36. The Balaban J connectivity index is 2.46. The summed E-state index contributed by atoms with van der Waals surface area (Å²) in [4.78, 5) is 11.5. The van der Waals surface area contributed by atoms with E-state index in [0.717, 1.165) is 37.9 Å². The molecule has 0 unspecified atom stereocenters. The summed E-state index contributed by atoms with van der Waals surface area (Å²) in [7, 11) is 0. The van der Waals surface area contributed by atoms with Crippen molar-refractivity contribution < 1.29 is 9.90 Å². The molecule has 0 amide bonds. The van der Waals surface area contributed by atoms with Gasteiger partial charge in [0.2, 0.25) is 0 Å². The number of hydrogen-bond acceptors (Lipinski definition) is 4. The number of hydrogen-bond donors (Lipinski definition) is 1. The van der Waals surface area contributed by atoms with Crippen LogP contribution in [0.3, 0.4) is 0 Å². The van der Waals surface area contributed by atoms with Gasteiger partial charge in [0.15, 0.2) is 11.4 Å². The average Bonchev–Trinajstić information content (AvgIpc) is 2.95. The first kappa shape index (κ1) is 14.9. The van der Waals surface area contributed by atoms with Gasteiger partial charge in [-0.05, 0) is 49.5 Å². The van der Waals surface area contributed by atoms with Crippen LogP contribution in [0.5, 0.6) is 0 Å². The van der Waals surface area contributed by atoms with Gasteiger partial charge in [0.1, 0.15) is 0 Å². The molecule has 1 N–H and O–H groups in total. The first-order valence-corrected chi connectivity index (χ1v) is 7.32. The lowest BCUT2D eigenvalue weighted by atomic mass is 9.77. The highest BCUT2D eigenvalue weighted by molar-refractivity contribution is 5.75. The van der Waals surface area contributed by atoms with Crippen LogP contribution in [-0.4, -0.2) is 31.3 Å². The zero-order valence-electron chi connectivity index (χ0n) is 12.8. The van der Waals surface area contributed by atoms with Crippen molar-refractivity contribution in [3.63, 3.8) is 0 Å². The SMILES string of the molecule is CC(C)CC1(c2nnnn2C(C)(C)C(=O)O)CCCC1. The number of carbonyl (C=O) groups is 1. The van der Waals surface area contributed by atoms with E-state index in [0.29, 0.717) is 5.92 Å². The van der Waals surface area contributed by atoms with Gasteiger partial charge in [0.25, 0.3) is 0 Å². The topological polar surface area (TPSA) is 80.9 Å². The summed E-state index contributed by atoms with van der Waals surface area (Å²) in [6, 6.07) is 0. The Kier molecular flexibility index (Phi) is 3.84. The van der Waals surface area contributed by atoms with Crippen LogP contribution >= 0.6 is 0 Å². The summed E-state index contributed by atoms with van der Waals surface area (Å²) in [5.41, 5.74) is -1.18. The summed E-state index contributed by atoms with van der Waals surface area (Å²) in [5.74, 6) is 0.367. The lowest BCUT2D eigenvalue weighted by Gasteiger charge is -2.32. The minimum Gasteiger partial charge on any atom is -0.479 e. The molecule has 0 spiro atoms. The van der Waals surface area contributed by atoms with Gasteiger partial charge in [-0.15, -0.1) is 5.10 Å². The first-order valence-electron chi connectivity index (χ1n) is 7.32. The summed E-state index contributed by atoms with van der Waals surface area (Å²) in [6.45, 7) is 7.67. The monoisotopic (exact) mass is 280 g/mol. The molecular weight excluding hydrogens is 256 g/mol. The smallest absolute Gasteiger partial charge is 0.331 e. The average molecular weight is 280 g/mol. The first-order chi connectivity index (χ1) is 9.29. The van der Waals surface area contributed by atoms with Crippen molar-refractivity contribution in [3.8, 4) is 0 Å². The third kappa shape index (κ3) is 2.43. The number of nitrogens with zero attached hydrogens (tertiary/aromatic N) is 4. The zero-order valence-corrected chi connectivity index (χ0v) is 12.8. The van der Waals surface area contributed by atoms with Gasteiger partial charge in [0.05, 0.1) is 0 Å². The lowest BCUT2D eigenvalue weighted by molar-refractivity contribution is -0.146. The van der Waals surface area contributed by atoms with Gasteiger partial charge in [-0.3, -0.25) is 0 Å². The second kappa shape index (κ2) is 5.14. The minimum atomic E-state index is -1.12. The van der Waals surface area contributed by atoms with Crippen molar-refractivity contribution in [1.82, 2.24) is 20.2 Å². The van der Waals surface area contributed by atoms with E-state index < -0.39 is 11.5 Å². The van der Waals surface area contributed by atoms with Gasteiger partial charge >= 0.3 is 5.97 Å². The summed E-state index contributed by atoms with van der Waals surface area (Å²) >= 11 is 0. The largest absolute Gasteiger partial charge is 0.479 e. The molecule has 1 aliphatic rings. The molecule has 112 valence electrons. The van der Waals surface area contributed by atoms with Gasteiger partial charge in [-0.1, -0.05) is 26.7 Å². The normalized spacial score (nSPS) is 18.6. The zero-order chi connectivity index (χ0) is 15.0. The fraction of sp³-hybridized carbons (Fsp3) is 0.857. The highest BCUT2D eigenvalue weighted by Crippen LogP contribution is 2.45. The Bertz CT molecular complexity index is 487. The fourth-order valence-electron chi connectivity index (χ4n) is 3.34. The highest BCUT2D eigenvalue weighted by Gasteiger charge is 2.44. The van der Waals surface area contributed by atoms with E-state index in [-0.39, 0.29) is 5.41 Å². The molecule has 1 aromatic rings. The highest BCUT2D eigenvalue weighted by atomic mass is 16.4. The molecule has 1 fully saturated rings. The van der Waals surface area contributed by atoms with E-state index >= 15 is 0 Å². The molecule has 6 heteroatoms.